The molecule has 2 aromatic heterocycles. The molecule has 0 radical (unpaired) electrons. The van der Waals surface area contributed by atoms with E-state index in [4.69, 9.17) is 0 Å². The van der Waals surface area contributed by atoms with E-state index in [2.05, 4.69) is 36.1 Å². The van der Waals surface area contributed by atoms with E-state index < -0.39 is 0 Å². The van der Waals surface area contributed by atoms with Crippen LogP contribution < -0.4 is 0 Å². The second-order valence-corrected chi connectivity index (χ2v) is 4.82. The highest BCUT2D eigenvalue weighted by molar-refractivity contribution is 9.10. The predicted octanol–water partition coefficient (Wildman–Crippen LogP) is 4.45. The Hall–Kier alpha value is -2.21. The van der Waals surface area contributed by atoms with Gasteiger partial charge in [0.05, 0.1) is 5.52 Å². The average molecular weight is 317 g/mol. The molecule has 0 saturated heterocycles. The van der Waals surface area contributed by atoms with Gasteiger partial charge in [-0.25, -0.2) is 4.98 Å². The van der Waals surface area contributed by atoms with Gasteiger partial charge in [0.1, 0.15) is 0 Å². The summed E-state index contributed by atoms with van der Waals surface area (Å²) >= 11 is 3.39. The summed E-state index contributed by atoms with van der Waals surface area (Å²) in [6.07, 6.45) is 1.64. The number of hydrogen-bond acceptors (Lipinski definition) is 4. The van der Waals surface area contributed by atoms with Gasteiger partial charge in [-0.05, 0) is 30.3 Å². The molecule has 19 heavy (non-hydrogen) atoms. The Labute approximate surface area is 117 Å². The van der Waals surface area contributed by atoms with Crippen LogP contribution in [0.1, 0.15) is 0 Å². The molecule has 0 saturated carbocycles. The van der Waals surface area contributed by atoms with Gasteiger partial charge in [-0.2, -0.15) is 0 Å². The minimum absolute atomic E-state index is 0.00668. The van der Waals surface area contributed by atoms with Crippen LogP contribution in [0.3, 0.4) is 0 Å². The highest BCUT2D eigenvalue weighted by atomic mass is 79.9. The van der Waals surface area contributed by atoms with Gasteiger partial charge in [0.2, 0.25) is 5.88 Å². The van der Waals surface area contributed by atoms with E-state index in [9.17, 15) is 5.11 Å². The lowest BCUT2D eigenvalue weighted by Gasteiger charge is -1.93. The van der Waals surface area contributed by atoms with E-state index in [1.165, 1.54) is 0 Å². The first-order valence-electron chi connectivity index (χ1n) is 5.57. The molecule has 3 rings (SSSR count). The van der Waals surface area contributed by atoms with Gasteiger partial charge in [0.25, 0.3) is 0 Å². The van der Waals surface area contributed by atoms with Crippen molar-refractivity contribution in [1.29, 1.82) is 0 Å². The summed E-state index contributed by atoms with van der Waals surface area (Å²) < 4.78 is 0.910. The summed E-state index contributed by atoms with van der Waals surface area (Å²) in [5.74, 6) is 0.485. The van der Waals surface area contributed by atoms with Gasteiger partial charge in [0, 0.05) is 16.1 Å². The lowest BCUT2D eigenvalue weighted by Crippen LogP contribution is -1.69. The predicted molar refractivity (Wildman–Crippen MR) is 76.1 cm³/mol. The third-order valence-electron chi connectivity index (χ3n) is 2.62. The van der Waals surface area contributed by atoms with E-state index in [1.54, 1.807) is 18.3 Å². The van der Waals surface area contributed by atoms with E-state index in [-0.39, 0.29) is 5.88 Å². The van der Waals surface area contributed by atoms with Gasteiger partial charge in [0.15, 0.2) is 11.5 Å². The Bertz CT molecular complexity index is 752. The highest BCUT2D eigenvalue weighted by Crippen LogP contribution is 2.37. The molecule has 2 heterocycles. The topological polar surface area (TPSA) is 73.6 Å². The lowest BCUT2D eigenvalue weighted by atomic mass is 10.2. The third-order valence-corrected chi connectivity index (χ3v) is 3.11. The molecule has 5 nitrogen and oxygen atoms in total. The second kappa shape index (κ2) is 4.81. The summed E-state index contributed by atoms with van der Waals surface area (Å²) in [6, 6.07) is 11.0. The largest absolute Gasteiger partial charge is 0.493 e. The number of azo groups is 1. The SMILES string of the molecule is Oc1[nH]c2ccc(Br)cc2c1N=Nc1ccccn1. The first kappa shape index (κ1) is 11.9. The van der Waals surface area contributed by atoms with E-state index in [0.717, 1.165) is 15.4 Å². The minimum Gasteiger partial charge on any atom is -0.493 e. The van der Waals surface area contributed by atoms with Crippen molar-refractivity contribution in [1.82, 2.24) is 9.97 Å². The quantitative estimate of drug-likeness (QED) is 0.685. The fraction of sp³-hybridized carbons (Fsp3) is 0. The number of halogens is 1. The number of aromatic nitrogens is 2. The van der Waals surface area contributed by atoms with Gasteiger partial charge in [-0.1, -0.05) is 22.0 Å². The molecule has 0 aliphatic heterocycles. The maximum atomic E-state index is 9.86. The van der Waals surface area contributed by atoms with Crippen LogP contribution in [0.15, 0.2) is 57.3 Å². The normalized spacial score (nSPS) is 11.4. The Balaban J connectivity index is 2.07. The molecular formula is C13H9BrN4O. The number of rotatable bonds is 2. The van der Waals surface area contributed by atoms with Crippen molar-refractivity contribution in [2.24, 2.45) is 10.2 Å². The maximum Gasteiger partial charge on any atom is 0.218 e. The monoisotopic (exact) mass is 316 g/mol. The first-order valence-corrected chi connectivity index (χ1v) is 6.36. The third kappa shape index (κ3) is 2.34. The molecule has 94 valence electrons. The number of H-pyrrole nitrogens is 1. The van der Waals surface area contributed by atoms with E-state index >= 15 is 0 Å². The molecule has 0 unspecified atom stereocenters. The van der Waals surface area contributed by atoms with E-state index in [0.29, 0.717) is 11.5 Å². The Kier molecular flexibility index (Phi) is 3.00. The van der Waals surface area contributed by atoms with Crippen LogP contribution in [0.25, 0.3) is 10.9 Å². The average Bonchev–Trinajstić information content (AvgIpc) is 2.73. The van der Waals surface area contributed by atoms with Crippen molar-refractivity contribution in [3.63, 3.8) is 0 Å². The molecule has 6 heteroatoms. The van der Waals surface area contributed by atoms with Crippen molar-refractivity contribution in [2.45, 2.75) is 0 Å². The standard InChI is InChI=1S/C13H9BrN4O/c14-8-4-5-10-9(7-8)12(13(19)16-10)18-17-11-3-1-2-6-15-11/h1-7,16,19H. The van der Waals surface area contributed by atoms with Crippen molar-refractivity contribution < 1.29 is 5.11 Å². The summed E-state index contributed by atoms with van der Waals surface area (Å²) in [6.45, 7) is 0. The highest BCUT2D eigenvalue weighted by Gasteiger charge is 2.10. The second-order valence-electron chi connectivity index (χ2n) is 3.90. The van der Waals surface area contributed by atoms with Gasteiger partial charge < -0.3 is 10.1 Å². The number of aromatic amines is 1. The number of nitrogens with zero attached hydrogens (tertiary/aromatic N) is 3. The molecule has 0 aliphatic carbocycles. The Morgan fingerprint density at radius 2 is 2.05 bits per heavy atom. The van der Waals surface area contributed by atoms with Crippen LogP contribution >= 0.6 is 15.9 Å². The lowest BCUT2D eigenvalue weighted by molar-refractivity contribution is 0.459. The van der Waals surface area contributed by atoms with Gasteiger partial charge >= 0.3 is 0 Å². The van der Waals surface area contributed by atoms with Crippen molar-refractivity contribution in [2.75, 3.05) is 0 Å². The smallest absolute Gasteiger partial charge is 0.218 e. The molecule has 2 N–H and O–H groups in total. The van der Waals surface area contributed by atoms with Gasteiger partial charge in [-0.15, -0.1) is 10.2 Å². The molecule has 0 amide bonds. The molecule has 0 aliphatic rings. The van der Waals surface area contributed by atoms with Crippen molar-refractivity contribution >= 4 is 38.3 Å². The molecule has 3 aromatic rings. The van der Waals surface area contributed by atoms with Gasteiger partial charge in [-0.3, -0.25) is 0 Å². The fourth-order valence-corrected chi connectivity index (χ4v) is 2.11. The van der Waals surface area contributed by atoms with Crippen LogP contribution in [0.2, 0.25) is 0 Å². The van der Waals surface area contributed by atoms with Crippen molar-refractivity contribution in [3.05, 3.63) is 47.1 Å². The zero-order chi connectivity index (χ0) is 13.2. The molecule has 1 aromatic carbocycles. The Morgan fingerprint density at radius 1 is 1.16 bits per heavy atom. The van der Waals surface area contributed by atoms with Crippen LogP contribution in [0.5, 0.6) is 5.88 Å². The zero-order valence-electron chi connectivity index (χ0n) is 9.71. The molecular weight excluding hydrogens is 308 g/mol. The van der Waals surface area contributed by atoms with Crippen molar-refractivity contribution in [3.8, 4) is 5.88 Å². The number of nitrogens with one attached hydrogen (secondary N) is 1. The van der Waals surface area contributed by atoms with Crippen LogP contribution in [-0.4, -0.2) is 15.1 Å². The van der Waals surface area contributed by atoms with Crippen LogP contribution in [-0.2, 0) is 0 Å². The summed E-state index contributed by atoms with van der Waals surface area (Å²) in [4.78, 5) is 6.90. The summed E-state index contributed by atoms with van der Waals surface area (Å²) in [5.41, 5.74) is 1.21. The number of fused-ring (bicyclic) bond motifs is 1. The maximum absolute atomic E-state index is 9.86. The zero-order valence-corrected chi connectivity index (χ0v) is 11.3. The Morgan fingerprint density at radius 3 is 2.84 bits per heavy atom. The molecule has 0 bridgehead atoms. The number of pyridine rings is 1. The van der Waals surface area contributed by atoms with Crippen LogP contribution in [0.4, 0.5) is 11.5 Å². The number of benzene rings is 1. The summed E-state index contributed by atoms with van der Waals surface area (Å²) in [7, 11) is 0. The molecule has 0 fully saturated rings. The van der Waals surface area contributed by atoms with E-state index in [1.807, 2.05) is 24.3 Å². The van der Waals surface area contributed by atoms with Crippen LogP contribution in [0, 0.1) is 0 Å². The number of aromatic hydroxyl groups is 1. The fourth-order valence-electron chi connectivity index (χ4n) is 1.75. The molecule has 0 atom stereocenters. The minimum atomic E-state index is -0.00668. The summed E-state index contributed by atoms with van der Waals surface area (Å²) in [5, 5.41) is 18.7. The first-order chi connectivity index (χ1) is 9.24. The number of hydrogen-bond donors (Lipinski definition) is 2. The molecule has 0 spiro atoms.